The van der Waals surface area contributed by atoms with E-state index in [-0.39, 0.29) is 48.1 Å². The normalized spacial score (nSPS) is 36.2. The standard InChI is InChI=1S/C20H19FN2O3/c1-10(24)22(12-4-2-11(21)3-5-12)9-23-19(25)17-13-6-7-14(16-8-15(13)16)18(17)20(23)26/h2-7,13-18H,8-9H2,1H3/t13-,14-,15-,16-,17+,18+/m0/s1. The average Bonchev–Trinajstić information content (AvgIpc) is 3.40. The maximum Gasteiger partial charge on any atom is 0.235 e. The number of nitrogens with zero attached hydrogens (tertiary/aromatic N) is 2. The van der Waals surface area contributed by atoms with Crippen LogP contribution in [0.25, 0.3) is 0 Å². The molecule has 5 aliphatic rings. The molecule has 1 saturated heterocycles. The van der Waals surface area contributed by atoms with Crippen molar-refractivity contribution in [2.45, 2.75) is 13.3 Å². The first kappa shape index (κ1) is 15.7. The number of anilines is 1. The fourth-order valence-corrected chi connectivity index (χ4v) is 5.28. The number of carbonyl (C=O) groups is 3. The molecule has 26 heavy (non-hydrogen) atoms. The van der Waals surface area contributed by atoms with Crippen molar-refractivity contribution >= 4 is 23.4 Å². The Hall–Kier alpha value is -2.50. The van der Waals surface area contributed by atoms with Crippen LogP contribution in [0.15, 0.2) is 36.4 Å². The molecule has 3 fully saturated rings. The summed E-state index contributed by atoms with van der Waals surface area (Å²) in [5.41, 5.74) is 0.471. The van der Waals surface area contributed by atoms with E-state index in [9.17, 15) is 18.8 Å². The highest BCUT2D eigenvalue weighted by Crippen LogP contribution is 2.65. The summed E-state index contributed by atoms with van der Waals surface area (Å²) in [6, 6.07) is 5.48. The molecule has 1 aromatic carbocycles. The van der Waals surface area contributed by atoms with Crippen LogP contribution < -0.4 is 4.90 Å². The molecule has 6 heteroatoms. The lowest BCUT2D eigenvalue weighted by atomic mass is 9.63. The van der Waals surface area contributed by atoms with Gasteiger partial charge in [0, 0.05) is 12.6 Å². The predicted octanol–water partition coefficient (Wildman–Crippen LogP) is 2.19. The van der Waals surface area contributed by atoms with Crippen LogP contribution in [-0.4, -0.2) is 29.3 Å². The smallest absolute Gasteiger partial charge is 0.235 e. The third-order valence-corrected chi connectivity index (χ3v) is 6.56. The van der Waals surface area contributed by atoms with Gasteiger partial charge in [-0.15, -0.1) is 0 Å². The summed E-state index contributed by atoms with van der Waals surface area (Å²) in [6.07, 6.45) is 5.36. The Morgan fingerprint density at radius 3 is 2.12 bits per heavy atom. The van der Waals surface area contributed by atoms with Gasteiger partial charge < -0.3 is 0 Å². The number of hydrogen-bond acceptors (Lipinski definition) is 3. The zero-order chi connectivity index (χ0) is 18.2. The van der Waals surface area contributed by atoms with Crippen LogP contribution in [-0.2, 0) is 14.4 Å². The summed E-state index contributed by atoms with van der Waals surface area (Å²) in [4.78, 5) is 40.7. The first-order valence-corrected chi connectivity index (χ1v) is 9.04. The zero-order valence-corrected chi connectivity index (χ0v) is 14.3. The van der Waals surface area contributed by atoms with Crippen molar-refractivity contribution in [2.24, 2.45) is 35.5 Å². The minimum Gasteiger partial charge on any atom is -0.294 e. The number of benzene rings is 1. The molecule has 0 N–H and O–H groups in total. The molecule has 1 aliphatic heterocycles. The third kappa shape index (κ3) is 2.04. The maximum atomic E-state index is 13.2. The Morgan fingerprint density at radius 1 is 1.08 bits per heavy atom. The monoisotopic (exact) mass is 354 g/mol. The number of allylic oxidation sites excluding steroid dienone is 2. The van der Waals surface area contributed by atoms with Gasteiger partial charge in [0.05, 0.1) is 11.8 Å². The molecule has 2 saturated carbocycles. The summed E-state index contributed by atoms with van der Waals surface area (Å²) in [7, 11) is 0. The molecule has 6 rings (SSSR count). The lowest BCUT2D eigenvalue weighted by Gasteiger charge is -2.37. The molecule has 5 nitrogen and oxygen atoms in total. The molecule has 0 spiro atoms. The highest BCUT2D eigenvalue weighted by Gasteiger charge is 2.67. The summed E-state index contributed by atoms with van der Waals surface area (Å²) in [5.74, 6) is -0.175. The van der Waals surface area contributed by atoms with Crippen LogP contribution in [0.1, 0.15) is 13.3 Å². The Kier molecular flexibility index (Phi) is 3.18. The molecule has 0 aromatic heterocycles. The fourth-order valence-electron chi connectivity index (χ4n) is 5.28. The molecular weight excluding hydrogens is 335 g/mol. The van der Waals surface area contributed by atoms with Gasteiger partial charge in [0.1, 0.15) is 12.5 Å². The third-order valence-electron chi connectivity index (χ3n) is 6.56. The number of rotatable bonds is 3. The summed E-state index contributed by atoms with van der Waals surface area (Å²) >= 11 is 0. The Balaban J connectivity index is 1.44. The van der Waals surface area contributed by atoms with Crippen molar-refractivity contribution in [3.63, 3.8) is 0 Å². The number of imide groups is 1. The maximum absolute atomic E-state index is 13.2. The van der Waals surface area contributed by atoms with Gasteiger partial charge in [-0.05, 0) is 54.4 Å². The van der Waals surface area contributed by atoms with Gasteiger partial charge in [0.2, 0.25) is 17.7 Å². The molecule has 134 valence electrons. The van der Waals surface area contributed by atoms with Crippen molar-refractivity contribution in [3.05, 3.63) is 42.2 Å². The topological polar surface area (TPSA) is 57.7 Å². The van der Waals surface area contributed by atoms with Gasteiger partial charge in [0.15, 0.2) is 0 Å². The van der Waals surface area contributed by atoms with E-state index in [2.05, 4.69) is 12.2 Å². The highest BCUT2D eigenvalue weighted by atomic mass is 19.1. The minimum atomic E-state index is -0.404. The average molecular weight is 354 g/mol. The summed E-state index contributed by atoms with van der Waals surface area (Å²) in [6.45, 7) is 1.27. The van der Waals surface area contributed by atoms with Crippen LogP contribution in [0.3, 0.4) is 0 Å². The number of carbonyl (C=O) groups excluding carboxylic acids is 3. The Morgan fingerprint density at radius 2 is 1.62 bits per heavy atom. The number of halogens is 1. The molecule has 1 aromatic rings. The van der Waals surface area contributed by atoms with Crippen LogP contribution in [0.4, 0.5) is 10.1 Å². The van der Waals surface area contributed by atoms with E-state index in [4.69, 9.17) is 0 Å². The second-order valence-electron chi connectivity index (χ2n) is 7.82. The van der Waals surface area contributed by atoms with Crippen molar-refractivity contribution in [1.82, 2.24) is 4.90 Å². The van der Waals surface area contributed by atoms with Crippen LogP contribution in [0, 0.1) is 41.3 Å². The van der Waals surface area contributed by atoms with Crippen molar-refractivity contribution in [2.75, 3.05) is 11.6 Å². The van der Waals surface area contributed by atoms with E-state index in [0.29, 0.717) is 17.5 Å². The van der Waals surface area contributed by atoms with E-state index in [1.165, 1.54) is 41.0 Å². The summed E-state index contributed by atoms with van der Waals surface area (Å²) < 4.78 is 13.2. The largest absolute Gasteiger partial charge is 0.294 e. The SMILES string of the molecule is CC(=O)N(CN1C(=O)[C@@H]2[C@H]3C=C[C@@H]([C@@H]4C[C@@H]34)[C@H]2C1=O)c1ccc(F)cc1. The van der Waals surface area contributed by atoms with Gasteiger partial charge in [0.25, 0.3) is 0 Å². The van der Waals surface area contributed by atoms with E-state index < -0.39 is 5.82 Å². The quantitative estimate of drug-likeness (QED) is 0.618. The van der Waals surface area contributed by atoms with Gasteiger partial charge in [-0.2, -0.15) is 0 Å². The van der Waals surface area contributed by atoms with Crippen LogP contribution in [0.2, 0.25) is 0 Å². The zero-order valence-electron chi connectivity index (χ0n) is 14.3. The Labute approximate surface area is 150 Å². The van der Waals surface area contributed by atoms with Gasteiger partial charge in [-0.1, -0.05) is 12.2 Å². The van der Waals surface area contributed by atoms with Crippen LogP contribution >= 0.6 is 0 Å². The number of likely N-dealkylation sites (tertiary alicyclic amines) is 1. The van der Waals surface area contributed by atoms with Crippen molar-refractivity contribution in [3.8, 4) is 0 Å². The van der Waals surface area contributed by atoms with Gasteiger partial charge in [-0.3, -0.25) is 24.2 Å². The number of hydrogen-bond donors (Lipinski definition) is 0. The molecule has 4 aliphatic carbocycles. The minimum absolute atomic E-state index is 0.111. The number of amides is 3. The van der Waals surface area contributed by atoms with Crippen LogP contribution in [0.5, 0.6) is 0 Å². The molecule has 0 radical (unpaired) electrons. The fraction of sp³-hybridized carbons (Fsp3) is 0.450. The van der Waals surface area contributed by atoms with E-state index in [0.717, 1.165) is 6.42 Å². The summed E-state index contributed by atoms with van der Waals surface area (Å²) in [5, 5.41) is 0. The molecule has 2 bridgehead atoms. The molecule has 3 amide bonds. The first-order chi connectivity index (χ1) is 12.5. The molecule has 6 atom stereocenters. The van der Waals surface area contributed by atoms with E-state index in [1.807, 2.05) is 0 Å². The van der Waals surface area contributed by atoms with Gasteiger partial charge >= 0.3 is 0 Å². The van der Waals surface area contributed by atoms with Crippen molar-refractivity contribution < 1.29 is 18.8 Å². The predicted molar refractivity (Wildman–Crippen MR) is 91.0 cm³/mol. The van der Waals surface area contributed by atoms with E-state index >= 15 is 0 Å². The molecular formula is C20H19FN2O3. The molecule has 1 heterocycles. The highest BCUT2D eigenvalue weighted by molar-refractivity contribution is 6.07. The van der Waals surface area contributed by atoms with E-state index in [1.54, 1.807) is 0 Å². The van der Waals surface area contributed by atoms with Gasteiger partial charge in [-0.25, -0.2) is 4.39 Å². The first-order valence-electron chi connectivity index (χ1n) is 9.04. The lowest BCUT2D eigenvalue weighted by molar-refractivity contribution is -0.140. The van der Waals surface area contributed by atoms with Crippen molar-refractivity contribution in [1.29, 1.82) is 0 Å². The lowest BCUT2D eigenvalue weighted by Crippen LogP contribution is -2.44. The second kappa shape index (κ2) is 5.25. The Bertz CT molecular complexity index is 813. The second-order valence-corrected chi connectivity index (χ2v) is 7.82. The molecule has 0 unspecified atom stereocenters.